The number of methoxy groups -OCH3 is 1. The predicted octanol–water partition coefficient (Wildman–Crippen LogP) is 3.22. The van der Waals surface area contributed by atoms with Crippen LogP contribution in [0.25, 0.3) is 25.9 Å². The summed E-state index contributed by atoms with van der Waals surface area (Å²) in [6, 6.07) is 4.59. The number of aromatic nitrogens is 4. The van der Waals surface area contributed by atoms with Crippen LogP contribution < -0.4 is 4.74 Å². The zero-order valence-electron chi connectivity index (χ0n) is 10.2. The van der Waals surface area contributed by atoms with E-state index in [1.807, 2.05) is 0 Å². The zero-order valence-corrected chi connectivity index (χ0v) is 11.8. The number of hydrogen-bond acceptors (Lipinski definition) is 6. The Balaban J connectivity index is 1.84. The molecule has 0 spiro atoms. The summed E-state index contributed by atoms with van der Waals surface area (Å²) < 4.78 is 20.8. The number of halogens is 1. The Hall–Kier alpha value is -2.06. The van der Waals surface area contributed by atoms with E-state index in [0.29, 0.717) is 10.7 Å². The van der Waals surface area contributed by atoms with E-state index >= 15 is 0 Å². The van der Waals surface area contributed by atoms with Gasteiger partial charge in [0.1, 0.15) is 16.5 Å². The molecule has 4 rings (SSSR count). The Morgan fingerprint density at radius 2 is 2.15 bits per heavy atom. The van der Waals surface area contributed by atoms with Crippen molar-refractivity contribution in [2.24, 2.45) is 0 Å². The Kier molecular flexibility index (Phi) is 2.48. The van der Waals surface area contributed by atoms with Crippen LogP contribution in [-0.2, 0) is 0 Å². The van der Waals surface area contributed by atoms with Crippen molar-refractivity contribution < 1.29 is 9.13 Å². The van der Waals surface area contributed by atoms with Gasteiger partial charge in [-0.1, -0.05) is 0 Å². The molecule has 0 N–H and O–H groups in total. The minimum Gasteiger partial charge on any atom is -0.472 e. The molecule has 0 amide bonds. The summed E-state index contributed by atoms with van der Waals surface area (Å²) >= 11 is 2.84. The van der Waals surface area contributed by atoms with Crippen molar-refractivity contribution >= 4 is 37.9 Å². The molecule has 8 heteroatoms. The van der Waals surface area contributed by atoms with Crippen LogP contribution in [0.3, 0.4) is 0 Å². The van der Waals surface area contributed by atoms with Crippen molar-refractivity contribution in [2.45, 2.75) is 0 Å². The summed E-state index contributed by atoms with van der Waals surface area (Å²) in [5, 5.41) is 5.53. The van der Waals surface area contributed by atoms with Crippen LogP contribution >= 0.6 is 22.7 Å². The van der Waals surface area contributed by atoms with Gasteiger partial charge in [0.25, 0.3) is 5.19 Å². The van der Waals surface area contributed by atoms with E-state index in [-0.39, 0.29) is 5.82 Å². The summed E-state index contributed by atoms with van der Waals surface area (Å²) in [5.41, 5.74) is 1.37. The second-order valence-electron chi connectivity index (χ2n) is 4.06. The Morgan fingerprint density at radius 3 is 2.95 bits per heavy atom. The number of benzene rings is 1. The van der Waals surface area contributed by atoms with Crippen molar-refractivity contribution in [3.05, 3.63) is 30.2 Å². The van der Waals surface area contributed by atoms with Gasteiger partial charge in [0.15, 0.2) is 0 Å². The second kappa shape index (κ2) is 4.22. The van der Waals surface area contributed by atoms with Crippen LogP contribution in [0.15, 0.2) is 24.4 Å². The van der Waals surface area contributed by atoms with Crippen molar-refractivity contribution in [1.82, 2.24) is 19.6 Å². The molecule has 3 heterocycles. The number of hydrogen-bond donors (Lipinski definition) is 0. The molecule has 0 fully saturated rings. The maximum absolute atomic E-state index is 13.2. The minimum absolute atomic E-state index is 0.286. The molecule has 0 bridgehead atoms. The van der Waals surface area contributed by atoms with Crippen molar-refractivity contribution in [2.75, 3.05) is 7.11 Å². The maximum Gasteiger partial charge on any atom is 0.294 e. The molecule has 0 aliphatic carbocycles. The van der Waals surface area contributed by atoms with Crippen molar-refractivity contribution in [1.29, 1.82) is 0 Å². The molecule has 20 heavy (non-hydrogen) atoms. The van der Waals surface area contributed by atoms with Crippen LogP contribution in [0, 0.1) is 5.82 Å². The average molecular weight is 306 g/mol. The molecule has 4 aromatic rings. The molecule has 0 atom stereocenters. The van der Waals surface area contributed by atoms with Gasteiger partial charge in [-0.3, -0.25) is 0 Å². The first kappa shape index (κ1) is 11.7. The number of imidazole rings is 1. The molecule has 1 aromatic carbocycles. The minimum atomic E-state index is -0.286. The first-order valence-corrected chi connectivity index (χ1v) is 7.33. The van der Waals surface area contributed by atoms with Crippen LogP contribution in [0.1, 0.15) is 0 Å². The first-order valence-electron chi connectivity index (χ1n) is 5.69. The SMILES string of the molecule is COc1nn2cc(-c3nc4cc(F)ccc4s3)nc2s1. The monoisotopic (exact) mass is 306 g/mol. The topological polar surface area (TPSA) is 52.3 Å². The van der Waals surface area contributed by atoms with Gasteiger partial charge in [-0.2, -0.15) is 0 Å². The van der Waals surface area contributed by atoms with E-state index in [1.165, 1.54) is 34.8 Å². The first-order chi connectivity index (χ1) is 9.72. The molecule has 0 aliphatic heterocycles. The zero-order chi connectivity index (χ0) is 13.7. The fraction of sp³-hybridized carbons (Fsp3) is 0.0833. The van der Waals surface area contributed by atoms with Gasteiger partial charge in [0.2, 0.25) is 4.96 Å². The quantitative estimate of drug-likeness (QED) is 0.570. The van der Waals surface area contributed by atoms with Gasteiger partial charge >= 0.3 is 0 Å². The highest BCUT2D eigenvalue weighted by Gasteiger charge is 2.13. The fourth-order valence-electron chi connectivity index (χ4n) is 1.88. The summed E-state index contributed by atoms with van der Waals surface area (Å²) in [4.78, 5) is 9.61. The van der Waals surface area contributed by atoms with Crippen molar-refractivity contribution in [3.8, 4) is 15.9 Å². The molecule has 0 saturated carbocycles. The van der Waals surface area contributed by atoms with Gasteiger partial charge in [-0.25, -0.2) is 18.9 Å². The Labute approximate surface area is 120 Å². The van der Waals surface area contributed by atoms with Crippen LogP contribution in [0.4, 0.5) is 4.39 Å². The van der Waals surface area contributed by atoms with E-state index in [1.54, 1.807) is 23.9 Å². The molecule has 0 unspecified atom stereocenters. The molecule has 0 saturated heterocycles. The highest BCUT2D eigenvalue weighted by molar-refractivity contribution is 7.21. The fourth-order valence-corrected chi connectivity index (χ4v) is 3.48. The van der Waals surface area contributed by atoms with E-state index in [2.05, 4.69) is 15.1 Å². The van der Waals surface area contributed by atoms with Crippen LogP contribution in [0.2, 0.25) is 0 Å². The van der Waals surface area contributed by atoms with E-state index < -0.39 is 0 Å². The third-order valence-corrected chi connectivity index (χ3v) is 4.71. The normalized spacial score (nSPS) is 11.5. The summed E-state index contributed by atoms with van der Waals surface area (Å²) in [6.45, 7) is 0. The summed E-state index contributed by atoms with van der Waals surface area (Å²) in [6.07, 6.45) is 1.79. The molecule has 100 valence electrons. The number of ether oxygens (including phenoxy) is 1. The van der Waals surface area contributed by atoms with Crippen molar-refractivity contribution in [3.63, 3.8) is 0 Å². The standard InChI is InChI=1S/C12H7FN4OS2/c1-18-12-16-17-5-8(15-11(17)20-12)10-14-7-4-6(13)2-3-9(7)19-10/h2-5H,1H3. The maximum atomic E-state index is 13.2. The summed E-state index contributed by atoms with van der Waals surface area (Å²) in [7, 11) is 1.57. The molecular weight excluding hydrogens is 299 g/mol. The molecular formula is C12H7FN4OS2. The lowest BCUT2D eigenvalue weighted by Gasteiger charge is -1.87. The highest BCUT2D eigenvalue weighted by atomic mass is 32.1. The third kappa shape index (κ3) is 1.76. The largest absolute Gasteiger partial charge is 0.472 e. The predicted molar refractivity (Wildman–Crippen MR) is 76.0 cm³/mol. The number of nitrogens with zero attached hydrogens (tertiary/aromatic N) is 4. The van der Waals surface area contributed by atoms with Gasteiger partial charge in [-0.15, -0.1) is 16.4 Å². The molecule has 0 radical (unpaired) electrons. The van der Waals surface area contributed by atoms with Gasteiger partial charge in [0.05, 0.1) is 23.5 Å². The summed E-state index contributed by atoms with van der Waals surface area (Å²) in [5.74, 6) is -0.286. The highest BCUT2D eigenvalue weighted by Crippen LogP contribution is 2.31. The molecule has 3 aromatic heterocycles. The van der Waals surface area contributed by atoms with Crippen LogP contribution in [0.5, 0.6) is 5.19 Å². The Morgan fingerprint density at radius 1 is 1.25 bits per heavy atom. The lowest BCUT2D eigenvalue weighted by atomic mass is 10.3. The number of rotatable bonds is 2. The number of fused-ring (bicyclic) bond motifs is 2. The van der Waals surface area contributed by atoms with Crippen LogP contribution in [-0.4, -0.2) is 26.7 Å². The Bertz CT molecular complexity index is 895. The average Bonchev–Trinajstić information content (AvgIpc) is 3.08. The smallest absolute Gasteiger partial charge is 0.294 e. The van der Waals surface area contributed by atoms with E-state index in [9.17, 15) is 4.39 Å². The van der Waals surface area contributed by atoms with Gasteiger partial charge < -0.3 is 4.74 Å². The van der Waals surface area contributed by atoms with E-state index in [0.717, 1.165) is 20.4 Å². The molecule has 5 nitrogen and oxygen atoms in total. The van der Waals surface area contributed by atoms with Gasteiger partial charge in [-0.05, 0) is 23.5 Å². The number of thiazole rings is 1. The second-order valence-corrected chi connectivity index (χ2v) is 6.01. The van der Waals surface area contributed by atoms with Gasteiger partial charge in [0, 0.05) is 6.07 Å². The van der Waals surface area contributed by atoms with E-state index in [4.69, 9.17) is 4.74 Å². The lowest BCUT2D eigenvalue weighted by Crippen LogP contribution is -1.84. The lowest BCUT2D eigenvalue weighted by molar-refractivity contribution is 0.405. The molecule has 0 aliphatic rings. The third-order valence-electron chi connectivity index (χ3n) is 2.77.